The number of aromatic nitrogens is 1. The van der Waals surface area contributed by atoms with Gasteiger partial charge in [0.15, 0.2) is 0 Å². The number of rotatable bonds is 6. The Morgan fingerprint density at radius 3 is 2.67 bits per heavy atom. The molecule has 0 aliphatic heterocycles. The fourth-order valence-corrected chi connectivity index (χ4v) is 2.03. The minimum atomic E-state index is 0. The normalized spacial score (nSPS) is 9.57. The highest BCUT2D eigenvalue weighted by Crippen LogP contribution is 2.15. The smallest absolute Gasteiger partial charge is 0.221 e. The molecule has 0 radical (unpaired) electrons. The van der Waals surface area contributed by atoms with Gasteiger partial charge in [-0.3, -0.25) is 9.78 Å². The number of hydrogen-bond acceptors (Lipinski definition) is 3. The molecule has 116 valence electrons. The van der Waals surface area contributed by atoms with Crippen LogP contribution in [0.4, 0.5) is 0 Å². The lowest BCUT2D eigenvalue weighted by Gasteiger charge is -2.07. The molecule has 2 rings (SSSR count). The van der Waals surface area contributed by atoms with E-state index in [2.05, 4.69) is 33.8 Å². The summed E-state index contributed by atoms with van der Waals surface area (Å²) in [5.41, 5.74) is 2.20. The second-order valence-electron chi connectivity index (χ2n) is 4.45. The molecule has 0 bridgehead atoms. The Bertz CT molecular complexity index is 558. The fraction of sp³-hybridized carbons (Fsp3) is 0.333. The van der Waals surface area contributed by atoms with Crippen LogP contribution in [-0.2, 0) is 11.2 Å². The van der Waals surface area contributed by atoms with Gasteiger partial charge in [0.2, 0.25) is 5.91 Å². The largest absolute Gasteiger partial charge is 0.356 e. The molecule has 4 nitrogen and oxygen atoms in total. The van der Waals surface area contributed by atoms with Gasteiger partial charge in [-0.05, 0) is 25.1 Å². The maximum absolute atomic E-state index is 11.5. The third-order valence-electron chi connectivity index (χ3n) is 3.03. The molecule has 1 aromatic carbocycles. The van der Waals surface area contributed by atoms with Crippen LogP contribution in [0.1, 0.15) is 12.0 Å². The predicted octanol–water partition coefficient (Wildman–Crippen LogP) is 2.35. The van der Waals surface area contributed by atoms with Crippen LogP contribution in [0, 0.1) is 0 Å². The molecule has 1 aromatic heterocycles. The number of halogens is 2. The lowest BCUT2D eigenvalue weighted by Crippen LogP contribution is -2.28. The Labute approximate surface area is 137 Å². The summed E-state index contributed by atoms with van der Waals surface area (Å²) in [6, 6.07) is 10.1. The van der Waals surface area contributed by atoms with E-state index < -0.39 is 0 Å². The summed E-state index contributed by atoms with van der Waals surface area (Å²) in [5, 5.41) is 7.02. The summed E-state index contributed by atoms with van der Waals surface area (Å²) in [6.45, 7) is 1.36. The van der Waals surface area contributed by atoms with Crippen LogP contribution in [0.25, 0.3) is 10.9 Å². The fourth-order valence-electron chi connectivity index (χ4n) is 2.03. The van der Waals surface area contributed by atoms with Crippen molar-refractivity contribution in [3.05, 3.63) is 42.1 Å². The van der Waals surface area contributed by atoms with Gasteiger partial charge in [-0.1, -0.05) is 24.3 Å². The molecule has 0 aliphatic rings. The van der Waals surface area contributed by atoms with Crippen molar-refractivity contribution in [1.82, 2.24) is 15.6 Å². The lowest BCUT2D eigenvalue weighted by molar-refractivity contribution is -0.120. The highest BCUT2D eigenvalue weighted by atomic mass is 35.5. The molecule has 0 unspecified atom stereocenters. The van der Waals surface area contributed by atoms with Gasteiger partial charge in [0.25, 0.3) is 0 Å². The Hall–Kier alpha value is -1.36. The number of hydrogen-bond donors (Lipinski definition) is 2. The average molecular weight is 330 g/mol. The summed E-state index contributed by atoms with van der Waals surface area (Å²) < 4.78 is 0. The van der Waals surface area contributed by atoms with Gasteiger partial charge in [-0.25, -0.2) is 0 Å². The van der Waals surface area contributed by atoms with Crippen molar-refractivity contribution in [1.29, 1.82) is 0 Å². The molecule has 0 aliphatic carbocycles. The van der Waals surface area contributed by atoms with Crippen LogP contribution in [0.15, 0.2) is 36.5 Å². The number of carbonyl (C=O) groups is 1. The summed E-state index contributed by atoms with van der Waals surface area (Å²) >= 11 is 0. The standard InChI is InChI=1S/C15H19N3O.2ClH/c1-16-10-8-14(19)17-11-7-13-5-2-4-12-6-3-9-18-15(12)13;;/h2-6,9,16H,7-8,10-11H2,1H3,(H,17,19);2*1H. The Kier molecular flexibility index (Phi) is 9.71. The number of para-hydroxylation sites is 1. The van der Waals surface area contributed by atoms with E-state index in [1.165, 1.54) is 5.56 Å². The summed E-state index contributed by atoms with van der Waals surface area (Å²) in [6.07, 6.45) is 3.13. The highest BCUT2D eigenvalue weighted by Gasteiger charge is 2.03. The zero-order chi connectivity index (χ0) is 13.5. The Morgan fingerprint density at radius 1 is 1.14 bits per heavy atom. The molecule has 2 aromatic rings. The molecule has 1 amide bonds. The van der Waals surface area contributed by atoms with Gasteiger partial charge >= 0.3 is 0 Å². The minimum Gasteiger partial charge on any atom is -0.356 e. The van der Waals surface area contributed by atoms with E-state index in [4.69, 9.17) is 0 Å². The van der Waals surface area contributed by atoms with Crippen molar-refractivity contribution in [3.8, 4) is 0 Å². The van der Waals surface area contributed by atoms with E-state index >= 15 is 0 Å². The molecule has 2 N–H and O–H groups in total. The van der Waals surface area contributed by atoms with Crippen molar-refractivity contribution in [2.24, 2.45) is 0 Å². The van der Waals surface area contributed by atoms with Crippen molar-refractivity contribution in [2.75, 3.05) is 20.1 Å². The van der Waals surface area contributed by atoms with Crippen LogP contribution in [0.5, 0.6) is 0 Å². The van der Waals surface area contributed by atoms with E-state index in [0.717, 1.165) is 17.3 Å². The first-order valence-corrected chi connectivity index (χ1v) is 6.55. The zero-order valence-corrected chi connectivity index (χ0v) is 13.6. The molecular formula is C15H21Cl2N3O. The highest BCUT2D eigenvalue weighted by molar-refractivity contribution is 5.85. The summed E-state index contributed by atoms with van der Waals surface area (Å²) in [4.78, 5) is 15.9. The lowest BCUT2D eigenvalue weighted by atomic mass is 10.1. The minimum absolute atomic E-state index is 0. The monoisotopic (exact) mass is 329 g/mol. The average Bonchev–Trinajstić information content (AvgIpc) is 2.45. The quantitative estimate of drug-likeness (QED) is 0.855. The number of benzene rings is 1. The van der Waals surface area contributed by atoms with Crippen molar-refractivity contribution in [3.63, 3.8) is 0 Å². The molecule has 0 atom stereocenters. The van der Waals surface area contributed by atoms with E-state index in [9.17, 15) is 4.79 Å². The molecule has 1 heterocycles. The second-order valence-corrected chi connectivity index (χ2v) is 4.45. The van der Waals surface area contributed by atoms with Crippen LogP contribution in [-0.4, -0.2) is 31.0 Å². The summed E-state index contributed by atoms with van der Waals surface area (Å²) in [5.74, 6) is 0.0857. The van der Waals surface area contributed by atoms with E-state index in [1.54, 1.807) is 6.20 Å². The molecule has 0 saturated heterocycles. The predicted molar refractivity (Wildman–Crippen MR) is 91.5 cm³/mol. The van der Waals surface area contributed by atoms with Crippen molar-refractivity contribution < 1.29 is 4.79 Å². The topological polar surface area (TPSA) is 54.0 Å². The van der Waals surface area contributed by atoms with E-state index in [0.29, 0.717) is 19.5 Å². The maximum Gasteiger partial charge on any atom is 0.221 e. The third-order valence-corrected chi connectivity index (χ3v) is 3.03. The molecule has 21 heavy (non-hydrogen) atoms. The third kappa shape index (κ3) is 5.87. The van der Waals surface area contributed by atoms with Gasteiger partial charge in [0.05, 0.1) is 5.52 Å². The number of nitrogens with zero attached hydrogens (tertiary/aromatic N) is 1. The van der Waals surface area contributed by atoms with Crippen LogP contribution in [0.3, 0.4) is 0 Å². The molecule has 0 spiro atoms. The summed E-state index contributed by atoms with van der Waals surface area (Å²) in [7, 11) is 1.84. The zero-order valence-electron chi connectivity index (χ0n) is 12.0. The number of nitrogens with one attached hydrogen (secondary N) is 2. The molecule has 0 fully saturated rings. The van der Waals surface area contributed by atoms with Gasteiger partial charge in [-0.2, -0.15) is 0 Å². The number of carbonyl (C=O) groups excluding carboxylic acids is 1. The van der Waals surface area contributed by atoms with Crippen molar-refractivity contribution in [2.45, 2.75) is 12.8 Å². The van der Waals surface area contributed by atoms with Crippen molar-refractivity contribution >= 4 is 41.6 Å². The first kappa shape index (κ1) is 19.6. The van der Waals surface area contributed by atoms with Gasteiger partial charge in [-0.15, -0.1) is 24.8 Å². The second kappa shape index (κ2) is 10.4. The van der Waals surface area contributed by atoms with E-state index in [1.807, 2.05) is 19.2 Å². The molecule has 6 heteroatoms. The Morgan fingerprint density at radius 2 is 1.90 bits per heavy atom. The van der Waals surface area contributed by atoms with Crippen LogP contribution in [0.2, 0.25) is 0 Å². The van der Waals surface area contributed by atoms with Gasteiger partial charge in [0, 0.05) is 31.1 Å². The molecule has 0 saturated carbocycles. The number of pyridine rings is 1. The SMILES string of the molecule is CNCCC(=O)NCCc1cccc2cccnc12.Cl.Cl. The number of fused-ring (bicyclic) bond motifs is 1. The maximum atomic E-state index is 11.5. The first-order valence-electron chi connectivity index (χ1n) is 6.55. The van der Waals surface area contributed by atoms with E-state index in [-0.39, 0.29) is 30.7 Å². The van der Waals surface area contributed by atoms with Gasteiger partial charge in [0.1, 0.15) is 0 Å². The van der Waals surface area contributed by atoms with Crippen LogP contribution >= 0.6 is 24.8 Å². The molecular weight excluding hydrogens is 309 g/mol. The number of amides is 1. The van der Waals surface area contributed by atoms with Gasteiger partial charge < -0.3 is 10.6 Å². The first-order chi connectivity index (χ1) is 9.31. The Balaban J connectivity index is 0.00000200. The van der Waals surface area contributed by atoms with Crippen LogP contribution < -0.4 is 10.6 Å².